The van der Waals surface area contributed by atoms with Crippen LogP contribution in [0.1, 0.15) is 152 Å². The van der Waals surface area contributed by atoms with Gasteiger partial charge in [-0.2, -0.15) is 0 Å². The fourth-order valence-corrected chi connectivity index (χ4v) is 7.81. The summed E-state index contributed by atoms with van der Waals surface area (Å²) in [5.74, 6) is 5.27. The first-order chi connectivity index (χ1) is 16.2. The van der Waals surface area contributed by atoms with Gasteiger partial charge in [-0.05, 0) is 84.0 Å². The van der Waals surface area contributed by atoms with E-state index in [-0.39, 0.29) is 30.7 Å². The smallest absolute Gasteiger partial charge is 0.0159 e. The topological polar surface area (TPSA) is 0 Å². The van der Waals surface area contributed by atoms with Crippen molar-refractivity contribution in [1.82, 2.24) is 0 Å². The SMILES string of the molecule is [BH3-]P(CP([BH3-])c1c(C(C)C)cc(C(C)C)cc1C(C)C)c1c(C(C)C)cc(C(C)C)cc1C(C)C. The van der Waals surface area contributed by atoms with Gasteiger partial charge in [0.25, 0.3) is 0 Å². The lowest BCUT2D eigenvalue weighted by atomic mass is 9.89. The summed E-state index contributed by atoms with van der Waals surface area (Å²) in [6, 6.07) is 10.4. The first kappa shape index (κ1) is 30.7. The molecule has 0 amide bonds. The highest BCUT2D eigenvalue weighted by atomic mass is 31.2. The van der Waals surface area contributed by atoms with E-state index in [9.17, 15) is 0 Å². The van der Waals surface area contributed by atoms with Gasteiger partial charge in [0, 0.05) is 0 Å². The van der Waals surface area contributed by atoms with Gasteiger partial charge in [0.2, 0.25) is 0 Å². The van der Waals surface area contributed by atoms with Crippen molar-refractivity contribution in [2.24, 2.45) is 0 Å². The zero-order valence-corrected chi connectivity index (χ0v) is 25.2. The van der Waals surface area contributed by atoms with Crippen LogP contribution in [0.4, 0.5) is 0 Å². The van der Waals surface area contributed by atoms with Gasteiger partial charge >= 0.3 is 0 Å². The maximum absolute atomic E-state index is 2.61. The van der Waals surface area contributed by atoms with Gasteiger partial charge in [0.1, 0.15) is 0 Å². The average molecular weight is 510 g/mol. The quantitative estimate of drug-likeness (QED) is 0.226. The van der Waals surface area contributed by atoms with Crippen LogP contribution in [0.5, 0.6) is 0 Å². The molecule has 0 bridgehead atoms. The molecule has 0 aliphatic heterocycles. The predicted octanol–water partition coefficient (Wildman–Crippen LogP) is 7.86. The van der Waals surface area contributed by atoms with E-state index < -0.39 is 0 Å². The number of rotatable bonds is 10. The highest BCUT2D eigenvalue weighted by molar-refractivity contribution is 8.02. The predicted molar refractivity (Wildman–Crippen MR) is 175 cm³/mol. The zero-order chi connectivity index (χ0) is 26.8. The van der Waals surface area contributed by atoms with Crippen molar-refractivity contribution in [3.05, 3.63) is 57.6 Å². The summed E-state index contributed by atoms with van der Waals surface area (Å²) in [7, 11) is 0.711. The second-order valence-electron chi connectivity index (χ2n) is 11.5. The van der Waals surface area contributed by atoms with Crippen molar-refractivity contribution in [1.29, 1.82) is 0 Å². The summed E-state index contributed by atoms with van der Waals surface area (Å²) in [5, 5.41) is 3.72. The van der Waals surface area contributed by atoms with Gasteiger partial charge in [-0.1, -0.05) is 124 Å². The van der Waals surface area contributed by atoms with Crippen LogP contribution in [0, 0.1) is 0 Å². The monoisotopic (exact) mass is 510 g/mol. The Morgan fingerprint density at radius 1 is 0.457 bits per heavy atom. The Bertz CT molecular complexity index is 852. The molecule has 0 spiro atoms. The molecule has 0 radical (unpaired) electrons. The van der Waals surface area contributed by atoms with E-state index in [0.717, 1.165) is 0 Å². The Labute approximate surface area is 223 Å². The molecule has 0 saturated heterocycles. The van der Waals surface area contributed by atoms with Crippen molar-refractivity contribution in [2.45, 2.75) is 119 Å². The van der Waals surface area contributed by atoms with E-state index in [1.54, 1.807) is 39.3 Å². The molecule has 0 heterocycles. The zero-order valence-electron chi connectivity index (χ0n) is 23.4. The minimum Gasteiger partial charge on any atom is -0.255 e. The Hall–Kier alpha value is -0.570. The third-order valence-electron chi connectivity index (χ3n) is 6.66. The van der Waals surface area contributed by atoms with Gasteiger partial charge in [0.15, 0.2) is 0 Å². The third kappa shape index (κ3) is 7.26. The molecule has 0 aliphatic rings. The molecule has 196 valence electrons. The van der Waals surface area contributed by atoms with Crippen molar-refractivity contribution in [3.8, 4) is 0 Å². The van der Waals surface area contributed by atoms with Crippen LogP contribution >= 0.6 is 15.6 Å². The molecule has 0 saturated carbocycles. The van der Waals surface area contributed by atoms with Gasteiger partial charge in [-0.3, -0.25) is 15.6 Å². The van der Waals surface area contributed by atoms with Gasteiger partial charge in [0.05, 0.1) is 0 Å². The average Bonchev–Trinajstić information content (AvgIpc) is 2.76. The molecule has 2 rings (SSSR count). The molecule has 0 aliphatic carbocycles. The van der Waals surface area contributed by atoms with Crippen LogP contribution < -0.4 is 10.6 Å². The van der Waals surface area contributed by atoms with Gasteiger partial charge in [-0.15, -0.1) is 0 Å². The summed E-state index contributed by atoms with van der Waals surface area (Å²) in [6.07, 6.45) is 0. The van der Waals surface area contributed by atoms with Crippen LogP contribution in [0.25, 0.3) is 0 Å². The number of hydrogen-bond acceptors (Lipinski definition) is 0. The summed E-state index contributed by atoms with van der Waals surface area (Å²) in [6.45, 7) is 28.9. The van der Waals surface area contributed by atoms with Crippen LogP contribution in [0.15, 0.2) is 24.3 Å². The molecule has 2 aromatic rings. The van der Waals surface area contributed by atoms with Crippen LogP contribution in [0.2, 0.25) is 0 Å². The van der Waals surface area contributed by atoms with E-state index in [0.29, 0.717) is 35.5 Å². The minimum absolute atomic E-state index is 0.0810. The Morgan fingerprint density at radius 2 is 0.686 bits per heavy atom. The highest BCUT2D eigenvalue weighted by Crippen LogP contribution is 2.49. The van der Waals surface area contributed by atoms with Crippen molar-refractivity contribution in [3.63, 3.8) is 0 Å². The summed E-state index contributed by atoms with van der Waals surface area (Å²) < 4.78 is 0. The van der Waals surface area contributed by atoms with Gasteiger partial charge in [-0.25, -0.2) is 0 Å². The van der Waals surface area contributed by atoms with Crippen molar-refractivity contribution >= 4 is 41.3 Å². The van der Waals surface area contributed by atoms with Crippen LogP contribution in [0.3, 0.4) is 0 Å². The molecular weight excluding hydrogens is 456 g/mol. The van der Waals surface area contributed by atoms with Crippen molar-refractivity contribution in [2.75, 3.05) is 5.90 Å². The van der Waals surface area contributed by atoms with E-state index in [1.807, 2.05) is 10.6 Å². The first-order valence-electron chi connectivity index (χ1n) is 13.0. The Morgan fingerprint density at radius 3 is 0.857 bits per heavy atom. The highest BCUT2D eigenvalue weighted by Gasteiger charge is 2.22. The third-order valence-corrected chi connectivity index (χ3v) is 9.46. The van der Waals surface area contributed by atoms with Crippen LogP contribution in [-0.4, -0.2) is 21.0 Å². The lowest BCUT2D eigenvalue weighted by Crippen LogP contribution is -2.23. The molecule has 2 atom stereocenters. The Kier molecular flexibility index (Phi) is 11.2. The molecule has 0 fully saturated rings. The largest absolute Gasteiger partial charge is 0.255 e. The lowest BCUT2D eigenvalue weighted by Gasteiger charge is -2.37. The normalized spacial score (nSPS) is 14.3. The molecule has 35 heavy (non-hydrogen) atoms. The molecule has 0 aromatic heterocycles. The fraction of sp³-hybridized carbons (Fsp3) is 0.613. The second-order valence-corrected chi connectivity index (χ2v) is 14.1. The minimum atomic E-state index is 0.0810. The van der Waals surface area contributed by atoms with Gasteiger partial charge < -0.3 is 0 Å². The Balaban J connectivity index is 2.64. The molecule has 0 N–H and O–H groups in total. The standard InChI is InChI=1S/C31H54B2P2/c1-18(2)24-13-26(20(5)6)30(27(14-24)21(7)8)34(32)17-35(33)31-28(22(9)10)15-25(19(3)4)16-29(31)23(11)12/h13-16,18-23H,17H2,1-12,32-33H3/q-2. The van der Waals surface area contributed by atoms with Crippen molar-refractivity contribution < 1.29 is 0 Å². The summed E-state index contributed by atoms with van der Waals surface area (Å²) >= 11 is 0. The van der Waals surface area contributed by atoms with Crippen LogP contribution in [-0.2, 0) is 0 Å². The molecule has 0 nitrogen and oxygen atoms in total. The number of hydrogen-bond donors (Lipinski definition) is 0. The van der Waals surface area contributed by atoms with E-state index in [2.05, 4.69) is 107 Å². The molecular formula is C31H54B2P2-2. The van der Waals surface area contributed by atoms with E-state index in [1.165, 1.54) is 0 Å². The summed E-state index contributed by atoms with van der Waals surface area (Å²) in [4.78, 5) is 0. The molecule has 4 heteroatoms. The molecule has 2 unspecified atom stereocenters. The van der Waals surface area contributed by atoms with E-state index >= 15 is 0 Å². The number of benzene rings is 2. The van der Waals surface area contributed by atoms with E-state index in [4.69, 9.17) is 0 Å². The maximum atomic E-state index is 2.61. The first-order valence-corrected chi connectivity index (χ1v) is 15.2. The fourth-order valence-electron chi connectivity index (χ4n) is 4.38. The lowest BCUT2D eigenvalue weighted by molar-refractivity contribution is 0.813. The molecule has 2 aromatic carbocycles. The second kappa shape index (κ2) is 12.8. The summed E-state index contributed by atoms with van der Waals surface area (Å²) in [5.41, 5.74) is 9.92. The maximum Gasteiger partial charge on any atom is -0.0159 e.